The quantitative estimate of drug-likeness (QED) is 0.479. The highest BCUT2D eigenvalue weighted by Crippen LogP contribution is 2.35. The van der Waals surface area contributed by atoms with Gasteiger partial charge in [-0.1, -0.05) is 18.7 Å². The normalized spacial score (nSPS) is 18.1. The number of fused-ring (bicyclic) bond motifs is 1. The van der Waals surface area contributed by atoms with E-state index in [1.54, 1.807) is 29.2 Å². The molecule has 1 atom stereocenters. The van der Waals surface area contributed by atoms with Gasteiger partial charge in [0, 0.05) is 37.6 Å². The van der Waals surface area contributed by atoms with E-state index in [1.165, 1.54) is 12.4 Å². The van der Waals surface area contributed by atoms with Crippen molar-refractivity contribution in [2.45, 2.75) is 25.1 Å². The summed E-state index contributed by atoms with van der Waals surface area (Å²) < 4.78 is 47.4. The Morgan fingerprint density at radius 3 is 2.49 bits per heavy atom. The number of ether oxygens (including phenoxy) is 1. The molecule has 0 aliphatic carbocycles. The number of nitrogens with zero attached hydrogens (tertiary/aromatic N) is 4. The van der Waals surface area contributed by atoms with E-state index in [-0.39, 0.29) is 18.7 Å². The van der Waals surface area contributed by atoms with Crippen molar-refractivity contribution >= 4 is 28.4 Å². The van der Waals surface area contributed by atoms with Crippen LogP contribution in [0.2, 0.25) is 0 Å². The molecule has 11 heteroatoms. The molecule has 2 aliphatic rings. The minimum atomic E-state index is -4.42. The van der Waals surface area contributed by atoms with E-state index in [2.05, 4.69) is 31.7 Å². The number of carbonyl (C=O) groups excluding carboxylic acids is 1. The average molecular weight is 515 g/mol. The van der Waals surface area contributed by atoms with Gasteiger partial charge in [-0.15, -0.1) is 0 Å². The first-order valence-corrected chi connectivity index (χ1v) is 12.3. The second-order valence-corrected chi connectivity index (χ2v) is 9.35. The molecule has 0 radical (unpaired) electrons. The van der Waals surface area contributed by atoms with E-state index in [1.807, 2.05) is 6.07 Å². The summed E-state index contributed by atoms with van der Waals surface area (Å²) in [5.74, 6) is -0.0343. The van der Waals surface area contributed by atoms with Gasteiger partial charge in [-0.05, 0) is 48.6 Å². The largest absolute Gasteiger partial charge is 0.408 e. The number of morpholine rings is 1. The standard InChI is InChI=1S/C26H29F3N6O2/c1-2-22(36)34-9-7-18(8-10-34)23(26(27,28)29)32-19-5-3-17(4-6-19)21-15-20-24(33-21)30-16-31-25(20)35-11-13-37-14-12-35/h2-6,15-16,18,23,32H,1,7-14H2,(H,30,31,33)/t23-/m0/s1. The topological polar surface area (TPSA) is 86.4 Å². The Morgan fingerprint density at radius 1 is 1.14 bits per heavy atom. The molecule has 1 aromatic carbocycles. The van der Waals surface area contributed by atoms with Crippen molar-refractivity contribution < 1.29 is 22.7 Å². The van der Waals surface area contributed by atoms with Gasteiger partial charge in [-0.25, -0.2) is 9.97 Å². The number of anilines is 2. The van der Waals surface area contributed by atoms with Gasteiger partial charge in [0.25, 0.3) is 0 Å². The molecule has 2 aromatic heterocycles. The highest BCUT2D eigenvalue weighted by Gasteiger charge is 2.45. The summed E-state index contributed by atoms with van der Waals surface area (Å²) in [6.07, 6.45) is -1.15. The lowest BCUT2D eigenvalue weighted by Crippen LogP contribution is -2.48. The van der Waals surface area contributed by atoms with Gasteiger partial charge in [0.2, 0.25) is 5.91 Å². The van der Waals surface area contributed by atoms with Gasteiger partial charge in [0.1, 0.15) is 23.8 Å². The molecule has 5 rings (SSSR count). The van der Waals surface area contributed by atoms with Crippen LogP contribution in [0.4, 0.5) is 24.7 Å². The number of amides is 1. The zero-order chi connectivity index (χ0) is 26.0. The number of halogens is 3. The van der Waals surface area contributed by atoms with E-state index >= 15 is 0 Å². The SMILES string of the molecule is C=CC(=O)N1CCC([C@H](Nc2ccc(-c3cc4c(N5CCOCC5)ncnc4[nH]3)cc2)C(F)(F)F)CC1. The third-order valence-electron chi connectivity index (χ3n) is 7.08. The number of H-pyrrole nitrogens is 1. The first-order chi connectivity index (χ1) is 17.8. The number of rotatable bonds is 6. The second-order valence-electron chi connectivity index (χ2n) is 9.35. The predicted molar refractivity (Wildman–Crippen MR) is 135 cm³/mol. The monoisotopic (exact) mass is 514 g/mol. The second kappa shape index (κ2) is 10.4. The Balaban J connectivity index is 1.31. The fourth-order valence-corrected chi connectivity index (χ4v) is 5.08. The number of aromatic amines is 1. The Bertz CT molecular complexity index is 1250. The van der Waals surface area contributed by atoms with Crippen LogP contribution in [0.15, 0.2) is 49.3 Å². The summed E-state index contributed by atoms with van der Waals surface area (Å²) in [6.45, 7) is 6.81. The number of nitrogens with one attached hydrogen (secondary N) is 2. The number of benzene rings is 1. The smallest absolute Gasteiger partial charge is 0.378 e. The molecule has 0 spiro atoms. The van der Waals surface area contributed by atoms with Gasteiger partial charge >= 0.3 is 6.18 Å². The van der Waals surface area contributed by atoms with Crippen molar-refractivity contribution in [1.29, 1.82) is 0 Å². The Morgan fingerprint density at radius 2 is 1.84 bits per heavy atom. The Labute approximate surface area is 212 Å². The molecule has 1 amide bonds. The van der Waals surface area contributed by atoms with Crippen molar-refractivity contribution in [1.82, 2.24) is 19.9 Å². The molecule has 0 saturated carbocycles. The van der Waals surface area contributed by atoms with Crippen LogP contribution in [0.1, 0.15) is 12.8 Å². The zero-order valence-electron chi connectivity index (χ0n) is 20.3. The Hall–Kier alpha value is -3.60. The van der Waals surface area contributed by atoms with Crippen LogP contribution in [0.5, 0.6) is 0 Å². The van der Waals surface area contributed by atoms with Crippen molar-refractivity contribution in [3.63, 3.8) is 0 Å². The predicted octanol–water partition coefficient (Wildman–Crippen LogP) is 4.23. The maximum Gasteiger partial charge on any atom is 0.408 e. The van der Waals surface area contributed by atoms with E-state index in [9.17, 15) is 18.0 Å². The molecular formula is C26H29F3N6O2. The molecular weight excluding hydrogens is 485 g/mol. The third-order valence-corrected chi connectivity index (χ3v) is 7.08. The highest BCUT2D eigenvalue weighted by atomic mass is 19.4. The van der Waals surface area contributed by atoms with Crippen LogP contribution >= 0.6 is 0 Å². The number of alkyl halides is 3. The van der Waals surface area contributed by atoms with E-state index in [0.29, 0.717) is 37.6 Å². The lowest BCUT2D eigenvalue weighted by atomic mass is 9.88. The maximum atomic E-state index is 14.0. The molecule has 2 fully saturated rings. The molecule has 2 saturated heterocycles. The van der Waals surface area contributed by atoms with Crippen LogP contribution in [0.25, 0.3) is 22.3 Å². The summed E-state index contributed by atoms with van der Waals surface area (Å²) in [5, 5.41) is 3.59. The van der Waals surface area contributed by atoms with Crippen molar-refractivity contribution in [3.8, 4) is 11.3 Å². The molecule has 4 heterocycles. The molecule has 2 aliphatic heterocycles. The molecule has 0 unspecified atom stereocenters. The third kappa shape index (κ3) is 5.41. The number of hydrogen-bond acceptors (Lipinski definition) is 6. The first-order valence-electron chi connectivity index (χ1n) is 12.3. The fraction of sp³-hybridized carbons (Fsp3) is 0.423. The van der Waals surface area contributed by atoms with Crippen molar-refractivity contribution in [2.24, 2.45) is 5.92 Å². The lowest BCUT2D eigenvalue weighted by Gasteiger charge is -2.37. The molecule has 3 aromatic rings. The zero-order valence-corrected chi connectivity index (χ0v) is 20.3. The number of carbonyl (C=O) groups is 1. The van der Waals surface area contributed by atoms with E-state index in [0.717, 1.165) is 35.6 Å². The summed E-state index contributed by atoms with van der Waals surface area (Å²) in [7, 11) is 0. The molecule has 37 heavy (non-hydrogen) atoms. The van der Waals surface area contributed by atoms with Crippen molar-refractivity contribution in [3.05, 3.63) is 49.3 Å². The summed E-state index contributed by atoms with van der Waals surface area (Å²) >= 11 is 0. The minimum absolute atomic E-state index is 0.245. The summed E-state index contributed by atoms with van der Waals surface area (Å²) in [5.41, 5.74) is 2.73. The summed E-state index contributed by atoms with van der Waals surface area (Å²) in [6, 6.07) is 7.16. The van der Waals surface area contributed by atoms with Gasteiger partial charge in [-0.3, -0.25) is 4.79 Å². The van der Waals surface area contributed by atoms with Gasteiger partial charge < -0.3 is 24.8 Å². The van der Waals surface area contributed by atoms with Crippen LogP contribution in [0.3, 0.4) is 0 Å². The highest BCUT2D eigenvalue weighted by molar-refractivity contribution is 5.92. The number of likely N-dealkylation sites (tertiary alicyclic amines) is 1. The van der Waals surface area contributed by atoms with Gasteiger partial charge in [-0.2, -0.15) is 13.2 Å². The summed E-state index contributed by atoms with van der Waals surface area (Å²) in [4.78, 5) is 27.6. The average Bonchev–Trinajstić information content (AvgIpc) is 3.36. The van der Waals surface area contributed by atoms with Crippen LogP contribution in [-0.4, -0.2) is 77.4 Å². The minimum Gasteiger partial charge on any atom is -0.378 e. The van der Waals surface area contributed by atoms with Crippen molar-refractivity contribution in [2.75, 3.05) is 49.6 Å². The van der Waals surface area contributed by atoms with Gasteiger partial charge in [0.15, 0.2) is 0 Å². The maximum absolute atomic E-state index is 14.0. The van der Waals surface area contributed by atoms with E-state index in [4.69, 9.17) is 4.74 Å². The fourth-order valence-electron chi connectivity index (χ4n) is 5.08. The van der Waals surface area contributed by atoms with Crippen LogP contribution in [-0.2, 0) is 9.53 Å². The molecule has 2 N–H and O–H groups in total. The number of hydrogen-bond donors (Lipinski definition) is 2. The van der Waals surface area contributed by atoms with E-state index < -0.39 is 18.1 Å². The number of piperidine rings is 1. The molecule has 8 nitrogen and oxygen atoms in total. The molecule has 196 valence electrons. The first kappa shape index (κ1) is 25.1. The van der Waals surface area contributed by atoms with Crippen LogP contribution < -0.4 is 10.2 Å². The molecule has 0 bridgehead atoms. The van der Waals surface area contributed by atoms with Crippen LogP contribution in [0, 0.1) is 5.92 Å². The lowest BCUT2D eigenvalue weighted by molar-refractivity contribution is -0.157. The van der Waals surface area contributed by atoms with Gasteiger partial charge in [0.05, 0.1) is 18.6 Å². The number of aromatic nitrogens is 3. The Kier molecular flexibility index (Phi) is 7.05.